The van der Waals surface area contributed by atoms with Crippen molar-refractivity contribution < 1.29 is 18.8 Å². The molecule has 3 aliphatic rings. The molecule has 1 N–H and O–H groups in total. The van der Waals surface area contributed by atoms with Crippen molar-refractivity contribution >= 4 is 28.7 Å². The van der Waals surface area contributed by atoms with E-state index in [-0.39, 0.29) is 17.7 Å². The van der Waals surface area contributed by atoms with E-state index in [9.17, 15) is 9.59 Å². The Kier molecular flexibility index (Phi) is 5.41. The van der Waals surface area contributed by atoms with E-state index in [2.05, 4.69) is 30.4 Å². The zero-order valence-corrected chi connectivity index (χ0v) is 21.8. The summed E-state index contributed by atoms with van der Waals surface area (Å²) in [6, 6.07) is 5.82. The summed E-state index contributed by atoms with van der Waals surface area (Å²) in [5.41, 5.74) is 4.41. The van der Waals surface area contributed by atoms with Crippen molar-refractivity contribution in [1.29, 1.82) is 0 Å². The molecule has 7 heterocycles. The van der Waals surface area contributed by atoms with Crippen LogP contribution in [0.2, 0.25) is 0 Å². The van der Waals surface area contributed by atoms with Crippen LogP contribution < -0.4 is 10.2 Å². The molecule has 2 amide bonds. The van der Waals surface area contributed by atoms with Crippen LogP contribution in [-0.4, -0.2) is 80.8 Å². The number of carbonyl (C=O) groups is 2. The molecule has 4 aromatic rings. The predicted octanol–water partition coefficient (Wildman–Crippen LogP) is 2.51. The smallest absolute Gasteiger partial charge is 0.259 e. The standard InChI is InChI=1S/C27H28N8O4/c1-16-22(7-19(9-28-16)24-31-26(39-32-24)18-3-5-33(11-18)17(2)36)30-25(37)21-10-29-35-6-4-20(8-23(21)35)34-12-27(13-34)14-38-15-27/h4,6-10,18H,3,5,11-15H2,1-2H3,(H,30,37). The molecule has 3 fully saturated rings. The Morgan fingerprint density at radius 3 is 2.77 bits per heavy atom. The van der Waals surface area contributed by atoms with Crippen LogP contribution in [0.4, 0.5) is 11.4 Å². The van der Waals surface area contributed by atoms with E-state index in [1.54, 1.807) is 34.8 Å². The number of carbonyl (C=O) groups excluding carboxylic acids is 2. The molecule has 12 nitrogen and oxygen atoms in total. The molecule has 12 heteroatoms. The maximum Gasteiger partial charge on any atom is 0.259 e. The van der Waals surface area contributed by atoms with Gasteiger partial charge in [0, 0.05) is 56.7 Å². The fraction of sp³-hybridized carbons (Fsp3) is 0.407. The minimum atomic E-state index is -0.277. The molecular formula is C27H28N8O4. The zero-order chi connectivity index (χ0) is 26.7. The second-order valence-corrected chi connectivity index (χ2v) is 10.8. The minimum Gasteiger partial charge on any atom is -0.380 e. The van der Waals surface area contributed by atoms with Crippen molar-refractivity contribution in [3.8, 4) is 11.4 Å². The summed E-state index contributed by atoms with van der Waals surface area (Å²) in [7, 11) is 0. The highest BCUT2D eigenvalue weighted by molar-refractivity contribution is 6.09. The number of fused-ring (bicyclic) bond motifs is 1. The van der Waals surface area contributed by atoms with Gasteiger partial charge in [0.25, 0.3) is 5.91 Å². The monoisotopic (exact) mass is 528 g/mol. The van der Waals surface area contributed by atoms with Crippen LogP contribution in [0.15, 0.2) is 41.3 Å². The molecule has 0 bridgehead atoms. The molecule has 4 aromatic heterocycles. The Morgan fingerprint density at radius 1 is 1.18 bits per heavy atom. The number of nitrogens with zero attached hydrogens (tertiary/aromatic N) is 7. The number of hydrogen-bond acceptors (Lipinski definition) is 9. The first-order valence-electron chi connectivity index (χ1n) is 13.1. The average molecular weight is 529 g/mol. The topological polar surface area (TPSA) is 131 Å². The Labute approximate surface area is 223 Å². The number of amides is 2. The molecule has 3 aliphatic heterocycles. The van der Waals surface area contributed by atoms with Crippen LogP contribution in [0.3, 0.4) is 0 Å². The van der Waals surface area contributed by atoms with Crippen molar-refractivity contribution in [2.45, 2.75) is 26.2 Å². The lowest BCUT2D eigenvalue weighted by molar-refractivity contribution is -0.127. The third-order valence-corrected chi connectivity index (χ3v) is 8.00. The van der Waals surface area contributed by atoms with Crippen LogP contribution in [0, 0.1) is 12.3 Å². The number of likely N-dealkylation sites (tertiary alicyclic amines) is 1. The number of hydrogen-bond donors (Lipinski definition) is 1. The van der Waals surface area contributed by atoms with Crippen LogP contribution in [0.1, 0.15) is 41.2 Å². The molecule has 1 unspecified atom stereocenters. The second-order valence-electron chi connectivity index (χ2n) is 10.8. The maximum atomic E-state index is 13.4. The summed E-state index contributed by atoms with van der Waals surface area (Å²) < 4.78 is 12.6. The van der Waals surface area contributed by atoms with Gasteiger partial charge in [-0.2, -0.15) is 10.1 Å². The molecule has 0 aliphatic carbocycles. The number of pyridine rings is 2. The van der Waals surface area contributed by atoms with Gasteiger partial charge < -0.3 is 24.4 Å². The van der Waals surface area contributed by atoms with Crippen LogP contribution >= 0.6 is 0 Å². The number of anilines is 2. The summed E-state index contributed by atoms with van der Waals surface area (Å²) in [5.74, 6) is 0.664. The van der Waals surface area contributed by atoms with Gasteiger partial charge in [0.1, 0.15) is 0 Å². The summed E-state index contributed by atoms with van der Waals surface area (Å²) in [6.45, 7) is 8.21. The Balaban J connectivity index is 1.09. The van der Waals surface area contributed by atoms with Crippen LogP contribution in [0.5, 0.6) is 0 Å². The number of ether oxygens (including phenoxy) is 1. The zero-order valence-electron chi connectivity index (χ0n) is 21.8. The molecule has 0 aromatic carbocycles. The highest BCUT2D eigenvalue weighted by Gasteiger charge is 2.49. The molecule has 1 atom stereocenters. The molecule has 39 heavy (non-hydrogen) atoms. The summed E-state index contributed by atoms with van der Waals surface area (Å²) in [4.78, 5) is 38.1. The maximum absolute atomic E-state index is 13.4. The minimum absolute atomic E-state index is 0.0112. The number of rotatable bonds is 5. The first-order chi connectivity index (χ1) is 18.9. The largest absolute Gasteiger partial charge is 0.380 e. The predicted molar refractivity (Wildman–Crippen MR) is 140 cm³/mol. The van der Waals surface area contributed by atoms with Crippen molar-refractivity contribution in [1.82, 2.24) is 29.6 Å². The first kappa shape index (κ1) is 23.8. The highest BCUT2D eigenvalue weighted by atomic mass is 16.5. The Hall–Kier alpha value is -4.32. The fourth-order valence-corrected chi connectivity index (χ4v) is 5.60. The quantitative estimate of drug-likeness (QED) is 0.415. The molecule has 3 saturated heterocycles. The van der Waals surface area contributed by atoms with E-state index < -0.39 is 0 Å². The van der Waals surface area contributed by atoms with Gasteiger partial charge in [-0.25, -0.2) is 4.52 Å². The van der Waals surface area contributed by atoms with Gasteiger partial charge in [-0.05, 0) is 31.5 Å². The fourth-order valence-electron chi connectivity index (χ4n) is 5.60. The van der Waals surface area contributed by atoms with Crippen molar-refractivity contribution in [3.05, 3.63) is 53.9 Å². The van der Waals surface area contributed by atoms with Gasteiger partial charge in [-0.15, -0.1) is 0 Å². The average Bonchev–Trinajstić information content (AvgIpc) is 3.62. The van der Waals surface area contributed by atoms with Crippen LogP contribution in [0.25, 0.3) is 16.9 Å². The lowest BCUT2D eigenvalue weighted by Crippen LogP contribution is -2.66. The lowest BCUT2D eigenvalue weighted by Gasteiger charge is -2.56. The SMILES string of the molecule is CC(=O)N1CCC(c2nc(-c3cnc(C)c(NC(=O)c4cnn5ccc(N6CC7(COC7)C6)cc45)c3)no2)C1. The molecule has 0 radical (unpaired) electrons. The van der Waals surface area contributed by atoms with Gasteiger partial charge in [-0.3, -0.25) is 14.6 Å². The molecule has 1 spiro atoms. The van der Waals surface area contributed by atoms with E-state index >= 15 is 0 Å². The van der Waals surface area contributed by atoms with E-state index in [0.29, 0.717) is 52.7 Å². The van der Waals surface area contributed by atoms with Crippen molar-refractivity contribution in [2.24, 2.45) is 5.41 Å². The van der Waals surface area contributed by atoms with Gasteiger partial charge in [0.15, 0.2) is 0 Å². The van der Waals surface area contributed by atoms with Crippen molar-refractivity contribution in [3.63, 3.8) is 0 Å². The lowest BCUT2D eigenvalue weighted by atomic mass is 9.78. The van der Waals surface area contributed by atoms with Gasteiger partial charge in [0.2, 0.25) is 17.6 Å². The van der Waals surface area contributed by atoms with E-state index in [1.165, 1.54) is 0 Å². The number of aromatic nitrogens is 5. The number of aryl methyl sites for hydroxylation is 1. The summed E-state index contributed by atoms with van der Waals surface area (Å²) in [6.07, 6.45) is 5.90. The second kappa shape index (κ2) is 8.87. The third-order valence-electron chi connectivity index (χ3n) is 8.00. The Morgan fingerprint density at radius 2 is 2.03 bits per heavy atom. The summed E-state index contributed by atoms with van der Waals surface area (Å²) >= 11 is 0. The van der Waals surface area contributed by atoms with E-state index in [4.69, 9.17) is 9.26 Å². The molecule has 200 valence electrons. The van der Waals surface area contributed by atoms with E-state index in [1.807, 2.05) is 25.3 Å². The normalized spacial score (nSPS) is 19.8. The molecule has 7 rings (SSSR count). The van der Waals surface area contributed by atoms with Gasteiger partial charge in [0.05, 0.1) is 53.2 Å². The molecule has 0 saturated carbocycles. The van der Waals surface area contributed by atoms with Gasteiger partial charge in [-0.1, -0.05) is 5.16 Å². The third kappa shape index (κ3) is 4.11. The molecular weight excluding hydrogens is 500 g/mol. The van der Waals surface area contributed by atoms with E-state index in [0.717, 1.165) is 43.9 Å². The first-order valence-corrected chi connectivity index (χ1v) is 13.1. The van der Waals surface area contributed by atoms with Crippen molar-refractivity contribution in [2.75, 3.05) is 49.6 Å². The highest BCUT2D eigenvalue weighted by Crippen LogP contribution is 2.40. The Bertz CT molecular complexity index is 1600. The van der Waals surface area contributed by atoms with Gasteiger partial charge >= 0.3 is 0 Å². The van der Waals surface area contributed by atoms with Crippen LogP contribution in [-0.2, 0) is 9.53 Å². The summed E-state index contributed by atoms with van der Waals surface area (Å²) in [5, 5.41) is 11.5. The number of nitrogens with one attached hydrogen (secondary N) is 1.